The van der Waals surface area contributed by atoms with Crippen LogP contribution < -0.4 is 10.2 Å². The van der Waals surface area contributed by atoms with E-state index in [1.54, 1.807) is 11.3 Å². The topological polar surface area (TPSA) is 37.4 Å². The molecule has 0 bridgehead atoms. The molecule has 1 saturated heterocycles. The third-order valence-corrected chi connectivity index (χ3v) is 4.58. The van der Waals surface area contributed by atoms with E-state index in [1.165, 1.54) is 4.88 Å². The van der Waals surface area contributed by atoms with Crippen molar-refractivity contribution in [3.63, 3.8) is 0 Å². The van der Waals surface area contributed by atoms with Crippen molar-refractivity contribution < 1.29 is 4.74 Å². The number of anilines is 1. The maximum absolute atomic E-state index is 5.77. The lowest BCUT2D eigenvalue weighted by atomic mass is 10.1. The van der Waals surface area contributed by atoms with Crippen molar-refractivity contribution in [2.24, 2.45) is 0 Å². The smallest absolute Gasteiger partial charge is 0.185 e. The highest BCUT2D eigenvalue weighted by Crippen LogP contribution is 2.29. The van der Waals surface area contributed by atoms with E-state index in [9.17, 15) is 0 Å². The first-order chi connectivity index (χ1) is 9.16. The van der Waals surface area contributed by atoms with Crippen molar-refractivity contribution in [2.75, 3.05) is 24.6 Å². The zero-order chi connectivity index (χ0) is 15.0. The Kier molecular flexibility index (Phi) is 4.42. The second-order valence-corrected chi connectivity index (χ2v) is 8.20. The molecule has 4 nitrogen and oxygen atoms in total. The molecule has 2 rings (SSSR count). The minimum absolute atomic E-state index is 0.0817. The molecule has 0 atom stereocenters. The fourth-order valence-corrected chi connectivity index (χ4v) is 3.26. The van der Waals surface area contributed by atoms with Gasteiger partial charge in [-0.3, -0.25) is 0 Å². The number of aryl methyl sites for hydroxylation is 1. The lowest BCUT2D eigenvalue weighted by Gasteiger charge is -2.38. The Labute approximate surface area is 126 Å². The first-order valence-electron chi connectivity index (χ1n) is 7.26. The zero-order valence-corrected chi connectivity index (χ0v) is 14.4. The summed E-state index contributed by atoms with van der Waals surface area (Å²) in [5.41, 5.74) is 1.20. The Morgan fingerprint density at radius 3 is 2.70 bits per heavy atom. The van der Waals surface area contributed by atoms with E-state index < -0.39 is 0 Å². The lowest BCUT2D eigenvalue weighted by Crippen LogP contribution is -2.48. The summed E-state index contributed by atoms with van der Waals surface area (Å²) in [7, 11) is 0. The van der Waals surface area contributed by atoms with Gasteiger partial charge in [0.2, 0.25) is 0 Å². The molecule has 1 aromatic rings. The molecular weight excluding hydrogens is 270 g/mol. The minimum atomic E-state index is -0.0817. The molecule has 5 heteroatoms. The fraction of sp³-hybridized carbons (Fsp3) is 0.800. The van der Waals surface area contributed by atoms with Gasteiger partial charge in [0, 0.05) is 30.1 Å². The summed E-state index contributed by atoms with van der Waals surface area (Å²) in [4.78, 5) is 8.43. The van der Waals surface area contributed by atoms with Crippen LogP contribution in [0.25, 0.3) is 0 Å². The van der Waals surface area contributed by atoms with Gasteiger partial charge in [-0.25, -0.2) is 4.98 Å². The van der Waals surface area contributed by atoms with Gasteiger partial charge in [-0.2, -0.15) is 0 Å². The number of hydrogen-bond acceptors (Lipinski definition) is 5. The number of ether oxygens (including phenoxy) is 1. The van der Waals surface area contributed by atoms with Crippen LogP contribution in [-0.2, 0) is 11.3 Å². The van der Waals surface area contributed by atoms with Crippen molar-refractivity contribution in [1.29, 1.82) is 0 Å². The maximum Gasteiger partial charge on any atom is 0.185 e. The van der Waals surface area contributed by atoms with Crippen LogP contribution in [0.15, 0.2) is 0 Å². The molecule has 1 aliphatic rings. The van der Waals surface area contributed by atoms with Crippen molar-refractivity contribution in [3.05, 3.63) is 10.6 Å². The van der Waals surface area contributed by atoms with E-state index in [0.717, 1.165) is 37.1 Å². The van der Waals surface area contributed by atoms with Gasteiger partial charge in [0.15, 0.2) is 5.13 Å². The van der Waals surface area contributed by atoms with Gasteiger partial charge < -0.3 is 15.0 Å². The van der Waals surface area contributed by atoms with Crippen molar-refractivity contribution >= 4 is 16.5 Å². The van der Waals surface area contributed by atoms with Gasteiger partial charge >= 0.3 is 0 Å². The number of hydrogen-bond donors (Lipinski definition) is 1. The number of aromatic nitrogens is 1. The molecule has 0 aliphatic carbocycles. The molecule has 2 heterocycles. The Morgan fingerprint density at radius 1 is 1.40 bits per heavy atom. The summed E-state index contributed by atoms with van der Waals surface area (Å²) in [5, 5.41) is 4.67. The summed E-state index contributed by atoms with van der Waals surface area (Å²) >= 11 is 1.80. The first-order valence-corrected chi connectivity index (χ1v) is 8.08. The van der Waals surface area contributed by atoms with Crippen molar-refractivity contribution in [3.8, 4) is 0 Å². The molecule has 0 unspecified atom stereocenters. The summed E-state index contributed by atoms with van der Waals surface area (Å²) in [6, 6.07) is 0. The summed E-state index contributed by atoms with van der Waals surface area (Å²) < 4.78 is 5.77. The molecule has 0 aromatic carbocycles. The van der Waals surface area contributed by atoms with E-state index in [0.29, 0.717) is 0 Å². The van der Waals surface area contributed by atoms with E-state index >= 15 is 0 Å². The van der Waals surface area contributed by atoms with Gasteiger partial charge in [0.25, 0.3) is 0 Å². The number of morpholine rings is 1. The molecule has 1 aromatic heterocycles. The standard InChI is InChI=1S/C15H27N3OS/c1-11-12(9-16-14(2,3)4)20-13(17-11)18-7-8-19-15(5,6)10-18/h16H,7-10H2,1-6H3. The SMILES string of the molecule is Cc1nc(N2CCOC(C)(C)C2)sc1CNC(C)(C)C. The Hall–Kier alpha value is -0.650. The van der Waals surface area contributed by atoms with Crippen LogP contribution in [0.5, 0.6) is 0 Å². The average molecular weight is 297 g/mol. The molecule has 1 N–H and O–H groups in total. The molecule has 0 amide bonds. The molecule has 114 valence electrons. The zero-order valence-electron chi connectivity index (χ0n) is 13.5. The van der Waals surface area contributed by atoms with Gasteiger partial charge in [0.05, 0.1) is 17.9 Å². The normalized spacial score (nSPS) is 19.4. The molecule has 0 saturated carbocycles. The summed E-state index contributed by atoms with van der Waals surface area (Å²) in [5.74, 6) is 0. The van der Waals surface area contributed by atoms with E-state index in [-0.39, 0.29) is 11.1 Å². The number of rotatable bonds is 3. The van der Waals surface area contributed by atoms with Crippen LogP contribution in [-0.4, -0.2) is 35.8 Å². The van der Waals surface area contributed by atoms with Crippen molar-refractivity contribution in [1.82, 2.24) is 10.3 Å². The van der Waals surface area contributed by atoms with Crippen LogP contribution >= 0.6 is 11.3 Å². The highest BCUT2D eigenvalue weighted by molar-refractivity contribution is 7.15. The Bertz CT molecular complexity index is 462. The monoisotopic (exact) mass is 297 g/mol. The van der Waals surface area contributed by atoms with Crippen LogP contribution in [0.1, 0.15) is 45.2 Å². The molecule has 0 radical (unpaired) electrons. The van der Waals surface area contributed by atoms with Gasteiger partial charge in [0.1, 0.15) is 0 Å². The molecule has 20 heavy (non-hydrogen) atoms. The van der Waals surface area contributed by atoms with Crippen molar-refractivity contribution in [2.45, 2.75) is 59.2 Å². The first kappa shape index (κ1) is 15.7. The number of thiazole rings is 1. The number of nitrogens with one attached hydrogen (secondary N) is 1. The highest BCUT2D eigenvalue weighted by Gasteiger charge is 2.29. The third-order valence-electron chi connectivity index (χ3n) is 3.36. The number of nitrogens with zero attached hydrogens (tertiary/aromatic N) is 2. The Morgan fingerprint density at radius 2 is 2.10 bits per heavy atom. The van der Waals surface area contributed by atoms with Crippen LogP contribution in [0.3, 0.4) is 0 Å². The maximum atomic E-state index is 5.77. The van der Waals surface area contributed by atoms with Crippen LogP contribution in [0, 0.1) is 6.92 Å². The second kappa shape index (κ2) is 5.62. The fourth-order valence-electron chi connectivity index (χ4n) is 2.24. The Balaban J connectivity index is 2.07. The van der Waals surface area contributed by atoms with E-state index in [2.05, 4.69) is 51.8 Å². The third kappa shape index (κ3) is 4.17. The largest absolute Gasteiger partial charge is 0.372 e. The highest BCUT2D eigenvalue weighted by atomic mass is 32.1. The second-order valence-electron chi connectivity index (χ2n) is 7.14. The van der Waals surface area contributed by atoms with Crippen LogP contribution in [0.2, 0.25) is 0 Å². The quantitative estimate of drug-likeness (QED) is 0.931. The molecule has 1 fully saturated rings. The minimum Gasteiger partial charge on any atom is -0.372 e. The molecular formula is C15H27N3OS. The van der Waals surface area contributed by atoms with Gasteiger partial charge in [-0.05, 0) is 41.5 Å². The summed E-state index contributed by atoms with van der Waals surface area (Å²) in [6.07, 6.45) is 0. The molecule has 0 spiro atoms. The lowest BCUT2D eigenvalue weighted by molar-refractivity contribution is -0.0277. The predicted octanol–water partition coefficient (Wildman–Crippen LogP) is 2.95. The average Bonchev–Trinajstić information content (AvgIpc) is 2.66. The predicted molar refractivity (Wildman–Crippen MR) is 85.7 cm³/mol. The molecule has 1 aliphatic heterocycles. The van der Waals surface area contributed by atoms with E-state index in [1.807, 2.05) is 0 Å². The van der Waals surface area contributed by atoms with Crippen LogP contribution in [0.4, 0.5) is 5.13 Å². The van der Waals surface area contributed by atoms with Gasteiger partial charge in [-0.1, -0.05) is 0 Å². The summed E-state index contributed by atoms with van der Waals surface area (Å²) in [6.45, 7) is 16.5. The van der Waals surface area contributed by atoms with E-state index in [4.69, 9.17) is 9.72 Å². The van der Waals surface area contributed by atoms with Gasteiger partial charge in [-0.15, -0.1) is 11.3 Å².